The zero-order chi connectivity index (χ0) is 37.2. The average molecular weight is 863 g/mol. The normalized spacial score (nSPS) is 11.2. The van der Waals surface area contributed by atoms with E-state index in [2.05, 4.69) is 21.3 Å². The van der Waals surface area contributed by atoms with Crippen LogP contribution in [0.4, 0.5) is 27.5 Å². The predicted molar refractivity (Wildman–Crippen MR) is 174 cm³/mol. The zero-order valence-electron chi connectivity index (χ0n) is 28.5. The van der Waals surface area contributed by atoms with Gasteiger partial charge in [-0.05, 0) is 72.8 Å². The van der Waals surface area contributed by atoms with Crippen LogP contribution in [0.25, 0.3) is 0 Å². The molecular weight excluding hydrogens is 841 g/mol. The average Bonchev–Trinajstić information content (AvgIpc) is 2.99. The van der Waals surface area contributed by atoms with Gasteiger partial charge in [0.25, 0.3) is 52.3 Å². The largest absolute Gasteiger partial charge is 1.00 e. The third-order valence-corrected chi connectivity index (χ3v) is 9.81. The second-order valence-electron chi connectivity index (χ2n) is 9.87. The summed E-state index contributed by atoms with van der Waals surface area (Å²) in [6.07, 6.45) is 0. The van der Waals surface area contributed by atoms with Crippen molar-refractivity contribution in [1.29, 1.82) is 0 Å². The third kappa shape index (κ3) is 14.6. The Labute approximate surface area is 397 Å². The molecule has 4 aromatic rings. The first kappa shape index (κ1) is 52.7. The Hall–Kier alpha value is -1.27. The van der Waals surface area contributed by atoms with Gasteiger partial charge in [-0.15, -0.1) is 0 Å². The topological polar surface area (TPSA) is 317 Å². The van der Waals surface area contributed by atoms with Gasteiger partial charge >= 0.3 is 124 Å². The van der Waals surface area contributed by atoms with E-state index < -0.39 is 89.3 Å². The molecule has 0 atom stereocenters. The van der Waals surface area contributed by atoms with E-state index >= 15 is 0 Å². The van der Waals surface area contributed by atoms with Crippen molar-refractivity contribution >= 4 is 81.1 Å². The predicted octanol–water partition coefficient (Wildman–Crippen LogP) is -9.16. The van der Waals surface area contributed by atoms with Crippen LogP contribution in [0, 0.1) is 0 Å². The number of nitrogens with one attached hydrogen (secondary N) is 4. The summed E-state index contributed by atoms with van der Waals surface area (Å²) in [4.78, 5) is 34.6. The van der Waals surface area contributed by atoms with E-state index in [0.717, 1.165) is 24.3 Å². The SMILES string of the molecule is O=C(Nc1cccc(C(=O)Nc2ccc(S(=O)(=O)O)cc2S(=O)(=O)O)c1)Nc1cccc(C(=O)Nc2ccc(S(=O)(=O)O)cc2S(=O)(=O)O)c1.[Na+].[Na+].[Na+].[Na+]. The van der Waals surface area contributed by atoms with Crippen molar-refractivity contribution in [2.45, 2.75) is 19.6 Å². The van der Waals surface area contributed by atoms with Gasteiger partial charge in [0.15, 0.2) is 0 Å². The smallest absolute Gasteiger partial charge is 0.321 e. The van der Waals surface area contributed by atoms with Crippen molar-refractivity contribution in [1.82, 2.24) is 0 Å². The van der Waals surface area contributed by atoms with Crippen LogP contribution in [0.5, 0.6) is 0 Å². The van der Waals surface area contributed by atoms with Crippen LogP contribution < -0.4 is 139 Å². The molecule has 4 amide bonds. The Morgan fingerprint density at radius 2 is 0.759 bits per heavy atom. The molecule has 264 valence electrons. The number of rotatable bonds is 10. The molecule has 0 unspecified atom stereocenters. The fourth-order valence-corrected chi connectivity index (χ4v) is 6.63. The Kier molecular flexibility index (Phi) is 20.4. The minimum Gasteiger partial charge on any atom is -0.321 e. The summed E-state index contributed by atoms with van der Waals surface area (Å²) in [7, 11) is -19.9. The van der Waals surface area contributed by atoms with Gasteiger partial charge in [0.05, 0.1) is 21.2 Å². The van der Waals surface area contributed by atoms with Gasteiger partial charge in [-0.25, -0.2) is 4.79 Å². The molecule has 0 saturated carbocycles. The van der Waals surface area contributed by atoms with Gasteiger partial charge in [-0.1, -0.05) is 12.1 Å². The summed E-state index contributed by atoms with van der Waals surface area (Å²) in [6.45, 7) is 0. The summed E-state index contributed by atoms with van der Waals surface area (Å²) < 4.78 is 130. The van der Waals surface area contributed by atoms with E-state index in [-0.39, 0.29) is 141 Å². The standard InChI is InChI=1S/C27H22N4O15S4.4Na/c32-25(30-21-9-7-19(47(35,36)37)13-23(21)49(41,42)43)15-3-1-5-17(11-15)28-27(34)29-18-6-2-4-16(12-18)26(33)31-22-10-8-20(48(38,39)40)14-24(22)50(44,45)46;;;;/h1-14H,(H,30,32)(H,31,33)(H2,28,29,34)(H,35,36,37)(H,38,39,40)(H,41,42,43)(H,44,45,46);;;;/q;4*+1. The molecule has 0 aliphatic rings. The van der Waals surface area contributed by atoms with E-state index in [0.29, 0.717) is 12.1 Å². The van der Waals surface area contributed by atoms with Gasteiger partial charge in [0, 0.05) is 22.5 Å². The molecule has 0 aromatic heterocycles. The zero-order valence-corrected chi connectivity index (χ0v) is 39.8. The summed E-state index contributed by atoms with van der Waals surface area (Å²) in [5.74, 6) is -1.91. The van der Waals surface area contributed by atoms with E-state index in [1.807, 2.05) is 0 Å². The summed E-state index contributed by atoms with van der Waals surface area (Å²) in [5, 5.41) is 9.19. The molecule has 19 nitrogen and oxygen atoms in total. The second-order valence-corrected chi connectivity index (χ2v) is 15.5. The molecule has 0 saturated heterocycles. The molecule has 27 heteroatoms. The molecule has 8 N–H and O–H groups in total. The van der Waals surface area contributed by atoms with Gasteiger partial charge in [-0.3, -0.25) is 27.8 Å². The molecule has 0 aliphatic heterocycles. The minimum absolute atomic E-state index is 0. The van der Waals surface area contributed by atoms with Gasteiger partial charge in [-0.2, -0.15) is 33.7 Å². The second kappa shape index (κ2) is 20.9. The molecule has 0 fully saturated rings. The van der Waals surface area contributed by atoms with Crippen LogP contribution in [0.2, 0.25) is 0 Å². The quantitative estimate of drug-likeness (QED) is 0.0543. The summed E-state index contributed by atoms with van der Waals surface area (Å²) in [6, 6.07) is 13.5. The maximum Gasteiger partial charge on any atom is 1.00 e. The fourth-order valence-electron chi connectivity index (χ4n) is 4.12. The number of carbonyl (C=O) groups is 3. The fraction of sp³-hybridized carbons (Fsp3) is 0. The van der Waals surface area contributed by atoms with Crippen molar-refractivity contribution in [3.63, 3.8) is 0 Å². The van der Waals surface area contributed by atoms with Crippen molar-refractivity contribution in [2.24, 2.45) is 0 Å². The molecule has 0 spiro atoms. The Morgan fingerprint density at radius 3 is 1.06 bits per heavy atom. The summed E-state index contributed by atoms with van der Waals surface area (Å²) in [5.41, 5.74) is -1.28. The number of anilines is 4. The summed E-state index contributed by atoms with van der Waals surface area (Å²) >= 11 is 0. The number of amides is 4. The molecule has 4 rings (SSSR count). The van der Waals surface area contributed by atoms with E-state index in [1.54, 1.807) is 0 Å². The number of hydrogen-bond donors (Lipinski definition) is 8. The molecule has 0 radical (unpaired) electrons. The Morgan fingerprint density at radius 1 is 0.426 bits per heavy atom. The van der Waals surface area contributed by atoms with E-state index in [9.17, 15) is 66.3 Å². The minimum atomic E-state index is -5.08. The maximum atomic E-state index is 12.9. The number of hydrogen-bond acceptors (Lipinski definition) is 11. The Bertz CT molecular complexity index is 2350. The van der Waals surface area contributed by atoms with Crippen LogP contribution in [0.15, 0.2) is 105 Å². The number of benzene rings is 4. The molecule has 0 bridgehead atoms. The maximum absolute atomic E-state index is 12.9. The van der Waals surface area contributed by atoms with Gasteiger partial charge in [0.1, 0.15) is 9.79 Å². The van der Waals surface area contributed by atoms with E-state index in [1.165, 1.54) is 48.5 Å². The van der Waals surface area contributed by atoms with Crippen LogP contribution in [-0.4, -0.2) is 69.7 Å². The van der Waals surface area contributed by atoms with Crippen LogP contribution >= 0.6 is 0 Å². The monoisotopic (exact) mass is 862 g/mol. The van der Waals surface area contributed by atoms with Crippen molar-refractivity contribution in [2.75, 3.05) is 21.3 Å². The van der Waals surface area contributed by atoms with Gasteiger partial charge < -0.3 is 21.3 Å². The first-order chi connectivity index (χ1) is 23.0. The molecular formula is C27H22N4Na4O15S4+4. The third-order valence-electron chi connectivity index (χ3n) is 6.32. The van der Waals surface area contributed by atoms with Gasteiger partial charge in [0.2, 0.25) is 0 Å². The number of carbonyl (C=O) groups excluding carboxylic acids is 3. The van der Waals surface area contributed by atoms with Crippen LogP contribution in [-0.2, 0) is 40.5 Å². The van der Waals surface area contributed by atoms with Crippen LogP contribution in [0.3, 0.4) is 0 Å². The Balaban J connectivity index is 0.00000702. The van der Waals surface area contributed by atoms with Crippen molar-refractivity contribution < 1.29 is 184 Å². The van der Waals surface area contributed by atoms with Crippen molar-refractivity contribution in [3.05, 3.63) is 96.1 Å². The molecule has 54 heavy (non-hydrogen) atoms. The van der Waals surface area contributed by atoms with E-state index in [4.69, 9.17) is 0 Å². The molecule has 0 heterocycles. The first-order valence-electron chi connectivity index (χ1n) is 13.1. The molecule has 0 aliphatic carbocycles. The van der Waals surface area contributed by atoms with Crippen molar-refractivity contribution in [3.8, 4) is 0 Å². The molecule has 4 aromatic carbocycles. The first-order valence-corrected chi connectivity index (χ1v) is 18.9. The number of urea groups is 1. The van der Waals surface area contributed by atoms with Crippen LogP contribution in [0.1, 0.15) is 20.7 Å².